The molecule has 0 aliphatic heterocycles. The Kier molecular flexibility index (Phi) is 3.56. The van der Waals surface area contributed by atoms with E-state index >= 15 is 0 Å². The molecule has 3 unspecified atom stereocenters. The fourth-order valence-corrected chi connectivity index (χ4v) is 4.93. The van der Waals surface area contributed by atoms with E-state index < -0.39 is 9.84 Å². The summed E-state index contributed by atoms with van der Waals surface area (Å²) in [6, 6.07) is 0.683. The van der Waals surface area contributed by atoms with Crippen molar-refractivity contribution in [2.45, 2.75) is 69.7 Å². The Labute approximate surface area is 105 Å². The Balaban J connectivity index is 2.04. The molecule has 2 aliphatic rings. The number of nitrogens with one attached hydrogen (secondary N) is 1. The van der Waals surface area contributed by atoms with Gasteiger partial charge in [0.1, 0.15) is 0 Å². The van der Waals surface area contributed by atoms with Gasteiger partial charge in [-0.15, -0.1) is 0 Å². The van der Waals surface area contributed by atoms with Crippen molar-refractivity contribution in [2.24, 2.45) is 5.41 Å². The summed E-state index contributed by atoms with van der Waals surface area (Å²) in [5.74, 6) is 0. The maximum absolute atomic E-state index is 11.7. The standard InChI is InChI=1S/C13H25NO2S/c1-13(2)9-5-8-12(13)14-10-6-4-7-11(10)17(3,15)16/h10-12,14H,4-9H2,1-3H3. The highest BCUT2D eigenvalue weighted by Gasteiger charge is 2.40. The van der Waals surface area contributed by atoms with Crippen LogP contribution >= 0.6 is 0 Å². The predicted molar refractivity (Wildman–Crippen MR) is 70.8 cm³/mol. The summed E-state index contributed by atoms with van der Waals surface area (Å²) < 4.78 is 23.5. The van der Waals surface area contributed by atoms with Gasteiger partial charge in [0.05, 0.1) is 5.25 Å². The van der Waals surface area contributed by atoms with Crippen molar-refractivity contribution < 1.29 is 8.42 Å². The van der Waals surface area contributed by atoms with E-state index in [9.17, 15) is 8.42 Å². The van der Waals surface area contributed by atoms with Gasteiger partial charge in [0.2, 0.25) is 0 Å². The first-order valence-electron chi connectivity index (χ1n) is 6.75. The first-order valence-corrected chi connectivity index (χ1v) is 8.71. The molecule has 0 spiro atoms. The van der Waals surface area contributed by atoms with Crippen LogP contribution in [0.2, 0.25) is 0 Å². The molecular formula is C13H25NO2S. The lowest BCUT2D eigenvalue weighted by molar-refractivity contribution is 0.262. The van der Waals surface area contributed by atoms with Gasteiger partial charge in [-0.3, -0.25) is 0 Å². The van der Waals surface area contributed by atoms with Crippen LogP contribution in [0.25, 0.3) is 0 Å². The van der Waals surface area contributed by atoms with Gasteiger partial charge in [0.25, 0.3) is 0 Å². The topological polar surface area (TPSA) is 46.2 Å². The number of hydrogen-bond acceptors (Lipinski definition) is 3. The second kappa shape index (κ2) is 4.54. The number of rotatable bonds is 3. The maximum Gasteiger partial charge on any atom is 0.151 e. The molecule has 4 heteroatoms. The molecule has 2 aliphatic carbocycles. The summed E-state index contributed by atoms with van der Waals surface area (Å²) in [6.45, 7) is 4.59. The molecule has 2 rings (SSSR count). The lowest BCUT2D eigenvalue weighted by Crippen LogP contribution is -2.48. The third-order valence-electron chi connectivity index (χ3n) is 4.67. The van der Waals surface area contributed by atoms with Crippen LogP contribution in [0.15, 0.2) is 0 Å². The highest BCUT2D eigenvalue weighted by Crippen LogP contribution is 2.38. The summed E-state index contributed by atoms with van der Waals surface area (Å²) in [5.41, 5.74) is 0.324. The summed E-state index contributed by atoms with van der Waals surface area (Å²) in [4.78, 5) is 0. The molecule has 0 bridgehead atoms. The first kappa shape index (κ1) is 13.3. The Morgan fingerprint density at radius 1 is 1.12 bits per heavy atom. The molecular weight excluding hydrogens is 234 g/mol. The van der Waals surface area contributed by atoms with E-state index in [0.717, 1.165) is 19.3 Å². The van der Waals surface area contributed by atoms with E-state index in [0.29, 0.717) is 11.5 Å². The molecule has 2 fully saturated rings. The normalized spacial score (nSPS) is 37.5. The maximum atomic E-state index is 11.7. The molecule has 0 aromatic carbocycles. The molecule has 0 heterocycles. The monoisotopic (exact) mass is 259 g/mol. The Morgan fingerprint density at radius 3 is 2.35 bits per heavy atom. The lowest BCUT2D eigenvalue weighted by Gasteiger charge is -2.32. The van der Waals surface area contributed by atoms with Crippen LogP contribution in [-0.2, 0) is 9.84 Å². The van der Waals surface area contributed by atoms with Crippen LogP contribution in [0, 0.1) is 5.41 Å². The average molecular weight is 259 g/mol. The van der Waals surface area contributed by atoms with Crippen LogP contribution in [0.4, 0.5) is 0 Å². The molecule has 0 aromatic heterocycles. The van der Waals surface area contributed by atoms with E-state index in [-0.39, 0.29) is 11.3 Å². The van der Waals surface area contributed by atoms with Crippen molar-refractivity contribution >= 4 is 9.84 Å². The molecule has 1 N–H and O–H groups in total. The fraction of sp³-hybridized carbons (Fsp3) is 1.00. The zero-order valence-electron chi connectivity index (χ0n) is 11.2. The molecule has 17 heavy (non-hydrogen) atoms. The third-order valence-corrected chi connectivity index (χ3v) is 6.34. The molecule has 0 radical (unpaired) electrons. The van der Waals surface area contributed by atoms with E-state index in [1.54, 1.807) is 0 Å². The Hall–Kier alpha value is -0.0900. The van der Waals surface area contributed by atoms with Gasteiger partial charge >= 0.3 is 0 Å². The smallest absolute Gasteiger partial charge is 0.151 e. The van der Waals surface area contributed by atoms with Gasteiger partial charge in [-0.05, 0) is 31.1 Å². The Bertz CT molecular complexity index is 375. The van der Waals surface area contributed by atoms with Crippen LogP contribution in [0.3, 0.4) is 0 Å². The quantitative estimate of drug-likeness (QED) is 0.844. The van der Waals surface area contributed by atoms with Gasteiger partial charge in [0.15, 0.2) is 9.84 Å². The molecule has 100 valence electrons. The van der Waals surface area contributed by atoms with Gasteiger partial charge in [-0.2, -0.15) is 0 Å². The van der Waals surface area contributed by atoms with Crippen molar-refractivity contribution in [1.82, 2.24) is 5.32 Å². The highest BCUT2D eigenvalue weighted by molar-refractivity contribution is 7.91. The first-order chi connectivity index (χ1) is 7.81. The lowest BCUT2D eigenvalue weighted by atomic mass is 9.87. The Morgan fingerprint density at radius 2 is 1.82 bits per heavy atom. The highest BCUT2D eigenvalue weighted by atomic mass is 32.2. The fourth-order valence-electron chi connectivity index (χ4n) is 3.52. The minimum atomic E-state index is -2.89. The van der Waals surface area contributed by atoms with Crippen molar-refractivity contribution in [2.75, 3.05) is 6.26 Å². The van der Waals surface area contributed by atoms with Crippen LogP contribution in [0.1, 0.15) is 52.4 Å². The molecule has 0 amide bonds. The van der Waals surface area contributed by atoms with Gasteiger partial charge in [-0.25, -0.2) is 8.42 Å². The van der Waals surface area contributed by atoms with Gasteiger partial charge in [0, 0.05) is 18.3 Å². The molecule has 3 atom stereocenters. The minimum absolute atomic E-state index is 0.154. The second-order valence-electron chi connectivity index (χ2n) is 6.51. The zero-order valence-corrected chi connectivity index (χ0v) is 12.0. The predicted octanol–water partition coefficient (Wildman–Crippen LogP) is 2.12. The summed E-state index contributed by atoms with van der Waals surface area (Å²) in [7, 11) is -2.89. The van der Waals surface area contributed by atoms with E-state index in [1.165, 1.54) is 25.5 Å². The number of hydrogen-bond donors (Lipinski definition) is 1. The van der Waals surface area contributed by atoms with Crippen molar-refractivity contribution in [3.63, 3.8) is 0 Å². The van der Waals surface area contributed by atoms with Crippen LogP contribution in [0.5, 0.6) is 0 Å². The van der Waals surface area contributed by atoms with E-state index in [1.807, 2.05) is 0 Å². The van der Waals surface area contributed by atoms with Gasteiger partial charge in [-0.1, -0.05) is 26.7 Å². The van der Waals surface area contributed by atoms with Crippen molar-refractivity contribution in [1.29, 1.82) is 0 Å². The SMILES string of the molecule is CC1(C)CCCC1NC1CCCC1S(C)(=O)=O. The average Bonchev–Trinajstić information content (AvgIpc) is 2.73. The van der Waals surface area contributed by atoms with Crippen molar-refractivity contribution in [3.05, 3.63) is 0 Å². The summed E-state index contributed by atoms with van der Waals surface area (Å²) in [5, 5.41) is 3.49. The largest absolute Gasteiger partial charge is 0.309 e. The minimum Gasteiger partial charge on any atom is -0.309 e. The van der Waals surface area contributed by atoms with Crippen LogP contribution < -0.4 is 5.32 Å². The number of sulfone groups is 1. The molecule has 3 nitrogen and oxygen atoms in total. The van der Waals surface area contributed by atoms with E-state index in [2.05, 4.69) is 19.2 Å². The molecule has 0 saturated heterocycles. The summed E-state index contributed by atoms with van der Waals surface area (Å²) in [6.07, 6.45) is 8.00. The van der Waals surface area contributed by atoms with E-state index in [4.69, 9.17) is 0 Å². The second-order valence-corrected chi connectivity index (χ2v) is 8.77. The summed E-state index contributed by atoms with van der Waals surface area (Å²) >= 11 is 0. The zero-order chi connectivity index (χ0) is 12.7. The molecule has 0 aromatic rings. The van der Waals surface area contributed by atoms with Crippen molar-refractivity contribution in [3.8, 4) is 0 Å². The molecule has 2 saturated carbocycles. The third kappa shape index (κ3) is 2.84. The van der Waals surface area contributed by atoms with Gasteiger partial charge < -0.3 is 5.32 Å². The van der Waals surface area contributed by atoms with Crippen LogP contribution in [-0.4, -0.2) is 32.0 Å².